The molecule has 2 unspecified atom stereocenters. The van der Waals surface area contributed by atoms with Gasteiger partial charge in [0.05, 0.1) is 24.0 Å². The fourth-order valence-electron chi connectivity index (χ4n) is 3.71. The van der Waals surface area contributed by atoms with Gasteiger partial charge in [0.25, 0.3) is 11.8 Å². The first-order valence-corrected chi connectivity index (χ1v) is 9.23. The highest BCUT2D eigenvalue weighted by Gasteiger charge is 2.74. The summed E-state index contributed by atoms with van der Waals surface area (Å²) in [5.41, 5.74) is -2.16. The number of alkyl halides is 4. The molecule has 0 bridgehead atoms. The van der Waals surface area contributed by atoms with E-state index in [0.717, 1.165) is 0 Å². The first-order chi connectivity index (χ1) is 12.6. The summed E-state index contributed by atoms with van der Waals surface area (Å²) >= 11 is 11.6. The Morgan fingerprint density at radius 3 is 1.22 bits per heavy atom. The molecule has 0 radical (unpaired) electrons. The second-order valence-corrected chi connectivity index (χ2v) is 8.31. The van der Waals surface area contributed by atoms with Gasteiger partial charge in [-0.2, -0.15) is 0 Å². The van der Waals surface area contributed by atoms with Crippen molar-refractivity contribution in [2.45, 2.75) is 35.5 Å². The van der Waals surface area contributed by atoms with E-state index in [1.54, 1.807) is 0 Å². The van der Waals surface area contributed by atoms with Crippen LogP contribution in [0, 0.1) is 0 Å². The smallest absolute Gasteiger partial charge is 0.261 e. The van der Waals surface area contributed by atoms with Crippen LogP contribution < -0.4 is 0 Å². The molecule has 0 amide bonds. The quantitative estimate of drug-likeness (QED) is 0.502. The Balaban J connectivity index is 1.51. The van der Waals surface area contributed by atoms with Crippen molar-refractivity contribution in [2.75, 3.05) is 13.2 Å². The molecule has 0 spiro atoms. The van der Waals surface area contributed by atoms with Gasteiger partial charge in [0.1, 0.15) is 0 Å². The van der Waals surface area contributed by atoms with Crippen molar-refractivity contribution in [1.29, 1.82) is 0 Å². The van der Waals surface area contributed by atoms with Gasteiger partial charge in [0.2, 0.25) is 0 Å². The second-order valence-electron chi connectivity index (χ2n) is 7.43. The molecule has 2 aliphatic rings. The lowest BCUT2D eigenvalue weighted by Gasteiger charge is -2.21. The molecule has 0 saturated heterocycles. The first-order valence-electron chi connectivity index (χ1n) is 8.48. The molecular weight excluding hydrogens is 403 g/mol. The zero-order valence-corrected chi connectivity index (χ0v) is 15.6. The van der Waals surface area contributed by atoms with Crippen LogP contribution in [0.2, 0.25) is 10.0 Å². The van der Waals surface area contributed by atoms with E-state index in [2.05, 4.69) is 0 Å². The molecule has 0 N–H and O–H groups in total. The molecule has 2 aromatic carbocycles. The van der Waals surface area contributed by atoms with Crippen LogP contribution in [0.15, 0.2) is 48.5 Å². The van der Waals surface area contributed by atoms with Crippen molar-refractivity contribution >= 4 is 23.2 Å². The van der Waals surface area contributed by atoms with Crippen LogP contribution in [-0.4, -0.2) is 25.1 Å². The molecule has 2 aromatic rings. The van der Waals surface area contributed by atoms with E-state index in [-0.39, 0.29) is 26.1 Å². The van der Waals surface area contributed by atoms with Gasteiger partial charge in [0, 0.05) is 22.9 Å². The third kappa shape index (κ3) is 3.04. The minimum absolute atomic E-state index is 0.326. The number of halogens is 6. The van der Waals surface area contributed by atoms with E-state index in [1.165, 1.54) is 48.5 Å². The Labute approximate surface area is 164 Å². The number of hydrogen-bond acceptors (Lipinski definition) is 1. The number of benzene rings is 2. The molecule has 2 saturated carbocycles. The second kappa shape index (κ2) is 6.10. The summed E-state index contributed by atoms with van der Waals surface area (Å²) in [6.45, 7) is -0.653. The maximum Gasteiger partial charge on any atom is 0.261 e. The molecule has 0 aromatic heterocycles. The van der Waals surface area contributed by atoms with E-state index in [0.29, 0.717) is 21.2 Å². The lowest BCUT2D eigenvalue weighted by atomic mass is 9.95. The van der Waals surface area contributed by atoms with E-state index in [1.807, 2.05) is 0 Å². The van der Waals surface area contributed by atoms with Gasteiger partial charge in [0.15, 0.2) is 0 Å². The average Bonchev–Trinajstić information content (AvgIpc) is 3.38. The van der Waals surface area contributed by atoms with E-state index in [4.69, 9.17) is 27.9 Å². The van der Waals surface area contributed by atoms with Crippen LogP contribution in [0.1, 0.15) is 24.0 Å². The Morgan fingerprint density at radius 1 is 0.667 bits per heavy atom. The Hall–Kier alpha value is -1.30. The van der Waals surface area contributed by atoms with Gasteiger partial charge in [-0.25, -0.2) is 17.6 Å². The Bertz CT molecular complexity index is 782. The van der Waals surface area contributed by atoms with E-state index >= 15 is 0 Å². The summed E-state index contributed by atoms with van der Waals surface area (Å²) in [6, 6.07) is 12.3. The molecule has 2 fully saturated rings. The van der Waals surface area contributed by atoms with Gasteiger partial charge in [-0.15, -0.1) is 0 Å². The average molecular weight is 419 g/mol. The van der Waals surface area contributed by atoms with E-state index in [9.17, 15) is 17.6 Å². The van der Waals surface area contributed by atoms with Gasteiger partial charge in [-0.1, -0.05) is 47.5 Å². The molecule has 27 heavy (non-hydrogen) atoms. The monoisotopic (exact) mass is 418 g/mol. The SMILES string of the molecule is FC1(F)CC1(COCC1(c2ccc(Cl)cc2)CC1(F)F)c1ccc(Cl)cc1. The fraction of sp³-hybridized carbons (Fsp3) is 0.400. The summed E-state index contributed by atoms with van der Waals surface area (Å²) in [4.78, 5) is 0. The third-order valence-corrected chi connectivity index (χ3v) is 6.19. The van der Waals surface area contributed by atoms with Crippen LogP contribution in [0.4, 0.5) is 17.6 Å². The predicted octanol–water partition coefficient (Wildman–Crippen LogP) is 6.26. The van der Waals surface area contributed by atoms with Crippen LogP contribution in [-0.2, 0) is 15.6 Å². The lowest BCUT2D eigenvalue weighted by Crippen LogP contribution is -2.29. The lowest BCUT2D eigenvalue weighted by molar-refractivity contribution is 0.00998. The number of ether oxygens (including phenoxy) is 1. The zero-order valence-electron chi connectivity index (χ0n) is 14.1. The third-order valence-electron chi connectivity index (χ3n) is 5.69. The van der Waals surface area contributed by atoms with Crippen LogP contribution >= 0.6 is 23.2 Å². The van der Waals surface area contributed by atoms with Crippen molar-refractivity contribution < 1.29 is 22.3 Å². The standard InChI is InChI=1S/C20H16Cl2F4O/c21-15-5-1-13(2-6-15)17(9-19(17,23)24)11-27-12-18(10-20(18,25)26)14-3-7-16(22)8-4-14/h1-8H,9-12H2. The number of rotatable bonds is 6. The Morgan fingerprint density at radius 2 is 0.963 bits per heavy atom. The molecule has 7 heteroatoms. The Kier molecular flexibility index (Phi) is 4.30. The maximum atomic E-state index is 14.1. The summed E-state index contributed by atoms with van der Waals surface area (Å²) < 4.78 is 62.0. The van der Waals surface area contributed by atoms with Crippen LogP contribution in [0.3, 0.4) is 0 Å². The molecule has 144 valence electrons. The molecule has 4 rings (SSSR count). The largest absolute Gasteiger partial charge is 0.379 e. The molecule has 2 atom stereocenters. The minimum Gasteiger partial charge on any atom is -0.379 e. The number of hydrogen-bond donors (Lipinski definition) is 0. The van der Waals surface area contributed by atoms with Crippen molar-refractivity contribution in [1.82, 2.24) is 0 Å². The van der Waals surface area contributed by atoms with Crippen LogP contribution in [0.5, 0.6) is 0 Å². The zero-order chi connectivity index (χ0) is 19.5. The molecule has 2 aliphatic carbocycles. The molecule has 0 heterocycles. The highest BCUT2D eigenvalue weighted by molar-refractivity contribution is 6.30. The molecule has 0 aliphatic heterocycles. The highest BCUT2D eigenvalue weighted by atomic mass is 35.5. The van der Waals surface area contributed by atoms with Gasteiger partial charge in [-0.05, 0) is 35.4 Å². The maximum absolute atomic E-state index is 14.1. The van der Waals surface area contributed by atoms with Gasteiger partial charge >= 0.3 is 0 Å². The molecular formula is C20H16Cl2F4O. The van der Waals surface area contributed by atoms with Gasteiger partial charge in [-0.3, -0.25) is 0 Å². The van der Waals surface area contributed by atoms with Crippen molar-refractivity contribution in [3.8, 4) is 0 Å². The van der Waals surface area contributed by atoms with Crippen molar-refractivity contribution in [3.63, 3.8) is 0 Å². The summed E-state index contributed by atoms with van der Waals surface area (Å²) in [6.07, 6.45) is -0.738. The summed E-state index contributed by atoms with van der Waals surface area (Å²) in [5, 5.41) is 0.885. The predicted molar refractivity (Wildman–Crippen MR) is 96.2 cm³/mol. The topological polar surface area (TPSA) is 9.23 Å². The highest BCUT2D eigenvalue weighted by Crippen LogP contribution is 2.64. The minimum atomic E-state index is -2.93. The first kappa shape index (κ1) is 19.0. The van der Waals surface area contributed by atoms with Crippen molar-refractivity contribution in [2.24, 2.45) is 0 Å². The van der Waals surface area contributed by atoms with E-state index < -0.39 is 22.7 Å². The summed E-state index contributed by atoms with van der Waals surface area (Å²) in [5.74, 6) is -5.86. The molecule has 1 nitrogen and oxygen atoms in total. The summed E-state index contributed by atoms with van der Waals surface area (Å²) in [7, 11) is 0. The fourth-order valence-corrected chi connectivity index (χ4v) is 3.97. The van der Waals surface area contributed by atoms with Crippen molar-refractivity contribution in [3.05, 3.63) is 69.7 Å². The normalized spacial score (nSPS) is 30.1. The van der Waals surface area contributed by atoms with Gasteiger partial charge < -0.3 is 4.74 Å². The van der Waals surface area contributed by atoms with Crippen LogP contribution in [0.25, 0.3) is 0 Å².